The highest BCUT2D eigenvalue weighted by Crippen LogP contribution is 2.22. The lowest BCUT2D eigenvalue weighted by molar-refractivity contribution is -0.123. The Morgan fingerprint density at radius 1 is 1.00 bits per heavy atom. The first-order chi connectivity index (χ1) is 13.5. The highest BCUT2D eigenvalue weighted by Gasteiger charge is 2.06. The van der Waals surface area contributed by atoms with Crippen LogP contribution in [0.25, 0.3) is 10.8 Å². The summed E-state index contributed by atoms with van der Waals surface area (Å²) in [6, 6.07) is 17.8. The van der Waals surface area contributed by atoms with E-state index in [0.717, 1.165) is 38.9 Å². The largest absolute Gasteiger partial charge is 0.497 e. The van der Waals surface area contributed by atoms with Crippen molar-refractivity contribution in [2.24, 2.45) is 5.10 Å². The minimum atomic E-state index is -0.300. The van der Waals surface area contributed by atoms with Crippen molar-refractivity contribution in [1.29, 1.82) is 0 Å². The molecule has 0 aliphatic carbocycles. The fourth-order valence-electron chi connectivity index (χ4n) is 2.82. The Labute approximate surface area is 165 Å². The third kappa shape index (κ3) is 4.68. The zero-order valence-electron chi connectivity index (χ0n) is 16.6. The second-order valence-electron chi connectivity index (χ2n) is 6.72. The second-order valence-corrected chi connectivity index (χ2v) is 6.72. The summed E-state index contributed by atoms with van der Waals surface area (Å²) in [7, 11) is 1.65. The van der Waals surface area contributed by atoms with Crippen molar-refractivity contribution in [3.63, 3.8) is 0 Å². The van der Waals surface area contributed by atoms with Crippen molar-refractivity contribution >= 4 is 22.4 Å². The molecule has 1 N–H and O–H groups in total. The molecule has 28 heavy (non-hydrogen) atoms. The predicted molar refractivity (Wildman–Crippen MR) is 112 cm³/mol. The second kappa shape index (κ2) is 8.57. The van der Waals surface area contributed by atoms with Gasteiger partial charge in [0.15, 0.2) is 6.61 Å². The molecule has 0 radical (unpaired) electrons. The fraction of sp³-hybridized carbons (Fsp3) is 0.217. The normalized spacial score (nSPS) is 11.4. The Morgan fingerprint density at radius 3 is 2.54 bits per heavy atom. The molecule has 0 unspecified atom stereocenters. The zero-order valence-corrected chi connectivity index (χ0v) is 16.6. The molecular formula is C23H24N2O3. The fourth-order valence-corrected chi connectivity index (χ4v) is 2.82. The molecule has 0 fully saturated rings. The van der Waals surface area contributed by atoms with Gasteiger partial charge in [-0.3, -0.25) is 4.79 Å². The number of carbonyl (C=O) groups excluding carboxylic acids is 1. The molecule has 0 saturated heterocycles. The number of amides is 1. The summed E-state index contributed by atoms with van der Waals surface area (Å²) < 4.78 is 10.9. The van der Waals surface area contributed by atoms with Crippen molar-refractivity contribution < 1.29 is 14.3 Å². The average molecular weight is 376 g/mol. The van der Waals surface area contributed by atoms with Gasteiger partial charge in [0.25, 0.3) is 5.91 Å². The lowest BCUT2D eigenvalue weighted by Gasteiger charge is -2.09. The van der Waals surface area contributed by atoms with Gasteiger partial charge in [-0.1, -0.05) is 30.3 Å². The molecule has 0 atom stereocenters. The van der Waals surface area contributed by atoms with E-state index in [1.807, 2.05) is 75.4 Å². The molecule has 0 saturated carbocycles. The van der Waals surface area contributed by atoms with Crippen molar-refractivity contribution in [3.8, 4) is 11.5 Å². The third-order valence-corrected chi connectivity index (χ3v) is 4.52. The minimum Gasteiger partial charge on any atom is -0.497 e. The number of hydrazone groups is 1. The number of nitrogens with one attached hydrogen (secondary N) is 1. The number of hydrogen-bond donors (Lipinski definition) is 1. The molecule has 1 amide bonds. The molecule has 0 bridgehead atoms. The molecule has 3 aromatic carbocycles. The Hall–Kier alpha value is -3.34. The SMILES string of the molecule is COc1ccc2cc(/C(C)=N/NC(=O)COc3cc(C)ccc3C)ccc2c1. The van der Waals surface area contributed by atoms with E-state index in [1.165, 1.54) is 0 Å². The van der Waals surface area contributed by atoms with Gasteiger partial charge in [-0.05, 0) is 72.5 Å². The van der Waals surface area contributed by atoms with Gasteiger partial charge in [-0.15, -0.1) is 0 Å². The summed E-state index contributed by atoms with van der Waals surface area (Å²) >= 11 is 0. The quantitative estimate of drug-likeness (QED) is 0.513. The maximum absolute atomic E-state index is 12.1. The van der Waals surface area contributed by atoms with E-state index < -0.39 is 0 Å². The number of ether oxygens (including phenoxy) is 2. The van der Waals surface area contributed by atoms with E-state index in [0.29, 0.717) is 5.75 Å². The number of hydrogen-bond acceptors (Lipinski definition) is 4. The average Bonchev–Trinajstić information content (AvgIpc) is 2.71. The van der Waals surface area contributed by atoms with Gasteiger partial charge in [0.1, 0.15) is 11.5 Å². The lowest BCUT2D eigenvalue weighted by atomic mass is 10.0. The summed E-state index contributed by atoms with van der Waals surface area (Å²) in [6.45, 7) is 5.71. The third-order valence-electron chi connectivity index (χ3n) is 4.52. The maximum atomic E-state index is 12.1. The highest BCUT2D eigenvalue weighted by molar-refractivity contribution is 6.02. The monoisotopic (exact) mass is 376 g/mol. The Kier molecular flexibility index (Phi) is 5.94. The van der Waals surface area contributed by atoms with E-state index in [2.05, 4.69) is 10.5 Å². The van der Waals surface area contributed by atoms with Crippen molar-refractivity contribution in [1.82, 2.24) is 5.43 Å². The summed E-state index contributed by atoms with van der Waals surface area (Å²) in [5.41, 5.74) is 6.29. The van der Waals surface area contributed by atoms with E-state index >= 15 is 0 Å². The Bertz CT molecular complexity index is 1040. The molecular weight excluding hydrogens is 352 g/mol. The van der Waals surface area contributed by atoms with Crippen LogP contribution >= 0.6 is 0 Å². The molecule has 0 aliphatic rings. The molecule has 144 valence electrons. The maximum Gasteiger partial charge on any atom is 0.277 e. The summed E-state index contributed by atoms with van der Waals surface area (Å²) in [4.78, 5) is 12.1. The van der Waals surface area contributed by atoms with Crippen LogP contribution in [0.5, 0.6) is 11.5 Å². The van der Waals surface area contributed by atoms with E-state index in [9.17, 15) is 4.79 Å². The first-order valence-corrected chi connectivity index (χ1v) is 9.07. The smallest absolute Gasteiger partial charge is 0.277 e. The number of aryl methyl sites for hydroxylation is 2. The molecule has 0 spiro atoms. The number of rotatable bonds is 6. The Morgan fingerprint density at radius 2 is 1.75 bits per heavy atom. The van der Waals surface area contributed by atoms with Gasteiger partial charge in [-0.2, -0.15) is 5.10 Å². The van der Waals surface area contributed by atoms with Crippen LogP contribution in [0.15, 0.2) is 59.7 Å². The van der Waals surface area contributed by atoms with Crippen LogP contribution in [0, 0.1) is 13.8 Å². The molecule has 5 heteroatoms. The molecule has 3 rings (SSSR count). The van der Waals surface area contributed by atoms with Gasteiger partial charge in [-0.25, -0.2) is 5.43 Å². The molecule has 5 nitrogen and oxygen atoms in total. The van der Waals surface area contributed by atoms with Crippen LogP contribution in [-0.4, -0.2) is 25.3 Å². The zero-order chi connectivity index (χ0) is 20.1. The van der Waals surface area contributed by atoms with E-state index in [1.54, 1.807) is 7.11 Å². The standard InChI is InChI=1S/C23H24N2O3/c1-15-5-6-16(2)22(11-15)28-14-23(26)25-24-17(3)18-7-8-20-13-21(27-4)10-9-19(20)12-18/h5-13H,14H2,1-4H3,(H,25,26)/b24-17+. The van der Waals surface area contributed by atoms with E-state index in [4.69, 9.17) is 9.47 Å². The van der Waals surface area contributed by atoms with Crippen LogP contribution in [0.4, 0.5) is 0 Å². The number of nitrogens with zero attached hydrogens (tertiary/aromatic N) is 1. The topological polar surface area (TPSA) is 59.9 Å². The van der Waals surface area contributed by atoms with Gasteiger partial charge >= 0.3 is 0 Å². The number of methoxy groups -OCH3 is 1. The molecule has 0 aromatic heterocycles. The van der Waals surface area contributed by atoms with Crippen LogP contribution in [0.3, 0.4) is 0 Å². The number of carbonyl (C=O) groups is 1. The van der Waals surface area contributed by atoms with E-state index in [-0.39, 0.29) is 12.5 Å². The Balaban J connectivity index is 1.64. The summed E-state index contributed by atoms with van der Waals surface area (Å²) in [5.74, 6) is 1.23. The number of fused-ring (bicyclic) bond motifs is 1. The predicted octanol–water partition coefficient (Wildman–Crippen LogP) is 4.38. The highest BCUT2D eigenvalue weighted by atomic mass is 16.5. The lowest BCUT2D eigenvalue weighted by Crippen LogP contribution is -2.25. The summed E-state index contributed by atoms with van der Waals surface area (Å²) in [5, 5.41) is 6.37. The van der Waals surface area contributed by atoms with Crippen LogP contribution in [-0.2, 0) is 4.79 Å². The van der Waals surface area contributed by atoms with Crippen molar-refractivity contribution in [2.75, 3.05) is 13.7 Å². The minimum absolute atomic E-state index is 0.0847. The number of benzene rings is 3. The van der Waals surface area contributed by atoms with Crippen molar-refractivity contribution in [3.05, 3.63) is 71.3 Å². The van der Waals surface area contributed by atoms with Gasteiger partial charge in [0.2, 0.25) is 0 Å². The molecule has 0 aliphatic heterocycles. The van der Waals surface area contributed by atoms with Gasteiger partial charge < -0.3 is 9.47 Å². The van der Waals surface area contributed by atoms with Gasteiger partial charge in [0, 0.05) is 0 Å². The summed E-state index contributed by atoms with van der Waals surface area (Å²) in [6.07, 6.45) is 0. The van der Waals surface area contributed by atoms with Gasteiger partial charge in [0.05, 0.1) is 12.8 Å². The molecule has 3 aromatic rings. The van der Waals surface area contributed by atoms with Crippen molar-refractivity contribution in [2.45, 2.75) is 20.8 Å². The van der Waals surface area contributed by atoms with Crippen LogP contribution < -0.4 is 14.9 Å². The van der Waals surface area contributed by atoms with Crippen LogP contribution in [0.2, 0.25) is 0 Å². The van der Waals surface area contributed by atoms with Crippen LogP contribution in [0.1, 0.15) is 23.6 Å². The first kappa shape index (κ1) is 19.4. The molecule has 0 heterocycles. The first-order valence-electron chi connectivity index (χ1n) is 9.07.